The normalized spacial score (nSPS) is 11.9. The molecule has 10 nitrogen and oxygen atoms in total. The summed E-state index contributed by atoms with van der Waals surface area (Å²) in [6.07, 6.45) is 6.61. The van der Waals surface area contributed by atoms with Crippen molar-refractivity contribution in [2.45, 2.75) is 24.9 Å². The highest BCUT2D eigenvalue weighted by atomic mass is 16.2. The van der Waals surface area contributed by atoms with Crippen LogP contribution in [-0.2, 0) is 22.4 Å². The van der Waals surface area contributed by atoms with Crippen molar-refractivity contribution in [1.29, 1.82) is 0 Å². The molecular formula is C32H32N6O4. The van der Waals surface area contributed by atoms with Crippen LogP contribution in [0.15, 0.2) is 110 Å². The minimum absolute atomic E-state index is 0.122. The molecule has 0 saturated carbocycles. The van der Waals surface area contributed by atoms with E-state index in [1.54, 1.807) is 24.3 Å². The van der Waals surface area contributed by atoms with E-state index >= 15 is 0 Å². The Kier molecular flexibility index (Phi) is 10.9. The number of amides is 4. The van der Waals surface area contributed by atoms with Crippen molar-refractivity contribution >= 4 is 23.6 Å². The first-order valence-corrected chi connectivity index (χ1v) is 13.5. The summed E-state index contributed by atoms with van der Waals surface area (Å²) in [4.78, 5) is 59.6. The molecule has 10 heteroatoms. The van der Waals surface area contributed by atoms with E-state index in [1.807, 2.05) is 60.7 Å². The van der Waals surface area contributed by atoms with Gasteiger partial charge in [0.25, 0.3) is 11.8 Å². The predicted molar refractivity (Wildman–Crippen MR) is 157 cm³/mol. The third-order valence-electron chi connectivity index (χ3n) is 6.42. The zero-order chi connectivity index (χ0) is 29.6. The molecule has 0 bridgehead atoms. The van der Waals surface area contributed by atoms with Gasteiger partial charge in [-0.2, -0.15) is 0 Å². The average Bonchev–Trinajstić information content (AvgIpc) is 3.04. The van der Waals surface area contributed by atoms with E-state index in [4.69, 9.17) is 0 Å². The van der Waals surface area contributed by atoms with Gasteiger partial charge in [-0.25, -0.2) is 0 Å². The van der Waals surface area contributed by atoms with Crippen LogP contribution in [0.1, 0.15) is 31.8 Å². The fourth-order valence-corrected chi connectivity index (χ4v) is 4.23. The molecule has 2 atom stereocenters. The lowest BCUT2D eigenvalue weighted by molar-refractivity contribution is -0.124. The molecule has 4 amide bonds. The highest BCUT2D eigenvalue weighted by Crippen LogP contribution is 2.07. The highest BCUT2D eigenvalue weighted by Gasteiger charge is 2.24. The van der Waals surface area contributed by atoms with Crippen molar-refractivity contribution in [3.63, 3.8) is 0 Å². The second kappa shape index (κ2) is 15.4. The second-order valence-electron chi connectivity index (χ2n) is 9.49. The molecule has 0 unspecified atom stereocenters. The summed E-state index contributed by atoms with van der Waals surface area (Å²) in [5.74, 6) is -1.56. The molecule has 2 aromatic carbocycles. The summed E-state index contributed by atoms with van der Waals surface area (Å²) in [7, 11) is 0. The van der Waals surface area contributed by atoms with Crippen molar-refractivity contribution in [3.8, 4) is 0 Å². The fourth-order valence-electron chi connectivity index (χ4n) is 4.23. The van der Waals surface area contributed by atoms with Crippen molar-refractivity contribution in [2.75, 3.05) is 13.1 Å². The second-order valence-corrected chi connectivity index (χ2v) is 9.49. The van der Waals surface area contributed by atoms with Crippen molar-refractivity contribution < 1.29 is 19.2 Å². The van der Waals surface area contributed by atoms with Gasteiger partial charge in [0, 0.05) is 61.8 Å². The van der Waals surface area contributed by atoms with E-state index in [-0.39, 0.29) is 37.7 Å². The average molecular weight is 565 g/mol. The summed E-state index contributed by atoms with van der Waals surface area (Å²) < 4.78 is 0. The van der Waals surface area contributed by atoms with E-state index in [1.165, 1.54) is 24.8 Å². The van der Waals surface area contributed by atoms with Crippen LogP contribution in [0.4, 0.5) is 0 Å². The molecule has 0 saturated heterocycles. The topological polar surface area (TPSA) is 142 Å². The number of aromatic nitrogens is 2. The minimum Gasteiger partial charge on any atom is -0.353 e. The molecular weight excluding hydrogens is 532 g/mol. The zero-order valence-corrected chi connectivity index (χ0v) is 22.9. The monoisotopic (exact) mass is 564 g/mol. The van der Waals surface area contributed by atoms with Gasteiger partial charge >= 0.3 is 0 Å². The van der Waals surface area contributed by atoms with Gasteiger partial charge in [0.05, 0.1) is 0 Å². The number of rotatable bonds is 13. The Morgan fingerprint density at radius 1 is 0.524 bits per heavy atom. The van der Waals surface area contributed by atoms with Gasteiger partial charge in [0.1, 0.15) is 12.1 Å². The first-order chi connectivity index (χ1) is 20.5. The SMILES string of the molecule is O=C(N[C@@H](Cc1ccccc1)C(=O)NCCNC(=O)[C@H](Cc1ccccc1)NC(=O)c1ccncc1)c1ccncc1. The van der Waals surface area contributed by atoms with Gasteiger partial charge < -0.3 is 21.3 Å². The summed E-state index contributed by atoms with van der Waals surface area (Å²) in [5, 5.41) is 11.2. The third-order valence-corrected chi connectivity index (χ3v) is 6.42. The Morgan fingerprint density at radius 3 is 1.24 bits per heavy atom. The number of nitrogens with zero attached hydrogens (tertiary/aromatic N) is 2. The molecule has 0 radical (unpaired) electrons. The Hall–Kier alpha value is -5.38. The van der Waals surface area contributed by atoms with Crippen molar-refractivity contribution in [2.24, 2.45) is 0 Å². The van der Waals surface area contributed by atoms with Crippen LogP contribution < -0.4 is 21.3 Å². The van der Waals surface area contributed by atoms with E-state index < -0.39 is 23.9 Å². The van der Waals surface area contributed by atoms with E-state index in [2.05, 4.69) is 31.2 Å². The van der Waals surface area contributed by atoms with E-state index in [9.17, 15) is 19.2 Å². The maximum atomic E-state index is 13.1. The first kappa shape index (κ1) is 29.6. The quantitative estimate of drug-likeness (QED) is 0.183. The summed E-state index contributed by atoms with van der Waals surface area (Å²) >= 11 is 0. The van der Waals surface area contributed by atoms with Crippen LogP contribution in [-0.4, -0.2) is 58.8 Å². The van der Waals surface area contributed by atoms with Crippen LogP contribution in [0.3, 0.4) is 0 Å². The molecule has 2 heterocycles. The van der Waals surface area contributed by atoms with Crippen LogP contribution in [0, 0.1) is 0 Å². The molecule has 0 aliphatic carbocycles. The summed E-state index contributed by atoms with van der Waals surface area (Å²) in [6.45, 7) is 0.245. The van der Waals surface area contributed by atoms with Gasteiger partial charge in [-0.05, 0) is 35.4 Å². The van der Waals surface area contributed by atoms with Gasteiger partial charge in [-0.3, -0.25) is 29.1 Å². The lowest BCUT2D eigenvalue weighted by Gasteiger charge is -2.20. The molecule has 214 valence electrons. The lowest BCUT2D eigenvalue weighted by Crippen LogP contribution is -2.51. The summed E-state index contributed by atoms with van der Waals surface area (Å²) in [5.41, 5.74) is 2.55. The van der Waals surface area contributed by atoms with Gasteiger partial charge in [-0.15, -0.1) is 0 Å². The Bertz CT molecular complexity index is 1340. The molecule has 0 fully saturated rings. The van der Waals surface area contributed by atoms with Crippen molar-refractivity contribution in [3.05, 3.63) is 132 Å². The number of carbonyl (C=O) groups excluding carboxylic acids is 4. The molecule has 0 spiro atoms. The Labute approximate surface area is 244 Å². The number of hydrogen-bond acceptors (Lipinski definition) is 6. The van der Waals surface area contributed by atoms with Crippen LogP contribution in [0.5, 0.6) is 0 Å². The van der Waals surface area contributed by atoms with Gasteiger partial charge in [-0.1, -0.05) is 60.7 Å². The number of hydrogen-bond donors (Lipinski definition) is 4. The number of nitrogens with one attached hydrogen (secondary N) is 4. The first-order valence-electron chi connectivity index (χ1n) is 13.5. The molecule has 4 rings (SSSR count). The third kappa shape index (κ3) is 9.09. The predicted octanol–water partition coefficient (Wildman–Crippen LogP) is 2.09. The maximum absolute atomic E-state index is 13.1. The number of pyridine rings is 2. The molecule has 4 aromatic rings. The van der Waals surface area contributed by atoms with Crippen LogP contribution in [0.2, 0.25) is 0 Å². The molecule has 2 aromatic heterocycles. The van der Waals surface area contributed by atoms with Gasteiger partial charge in [0.2, 0.25) is 11.8 Å². The highest BCUT2D eigenvalue weighted by molar-refractivity contribution is 5.98. The smallest absolute Gasteiger partial charge is 0.252 e. The number of benzene rings is 2. The van der Waals surface area contributed by atoms with E-state index in [0.717, 1.165) is 11.1 Å². The molecule has 42 heavy (non-hydrogen) atoms. The zero-order valence-electron chi connectivity index (χ0n) is 22.9. The minimum atomic E-state index is -0.839. The standard InChI is InChI=1S/C32H32N6O4/c39-29(25-11-15-33-16-12-25)37-27(21-23-7-3-1-4-8-23)31(41)35-19-20-36-32(42)28(22-24-9-5-2-6-10-24)38-30(40)26-13-17-34-18-14-26/h1-18,27-28H,19-22H2,(H,35,41)(H,36,42)(H,37,39)(H,38,40)/t27-,28-/m0/s1. The largest absolute Gasteiger partial charge is 0.353 e. The molecule has 0 aliphatic heterocycles. The Morgan fingerprint density at radius 2 is 0.881 bits per heavy atom. The van der Waals surface area contributed by atoms with Crippen LogP contribution >= 0.6 is 0 Å². The van der Waals surface area contributed by atoms with Crippen LogP contribution in [0.25, 0.3) is 0 Å². The molecule has 4 N–H and O–H groups in total. The number of carbonyl (C=O) groups is 4. The fraction of sp³-hybridized carbons (Fsp3) is 0.188. The summed E-state index contributed by atoms with van der Waals surface area (Å²) in [6, 6.07) is 23.3. The molecule has 0 aliphatic rings. The van der Waals surface area contributed by atoms with Gasteiger partial charge in [0.15, 0.2) is 0 Å². The Balaban J connectivity index is 1.34. The van der Waals surface area contributed by atoms with Crippen molar-refractivity contribution in [1.82, 2.24) is 31.2 Å². The maximum Gasteiger partial charge on any atom is 0.252 e. The van der Waals surface area contributed by atoms with E-state index in [0.29, 0.717) is 11.1 Å². The lowest BCUT2D eigenvalue weighted by atomic mass is 10.0.